The number of carbonyl (C=O) groups excluding carboxylic acids is 1. The Morgan fingerprint density at radius 3 is 2.28 bits per heavy atom. The molecule has 0 radical (unpaired) electrons. The second-order valence-corrected chi connectivity index (χ2v) is 9.27. The van der Waals surface area contributed by atoms with Crippen molar-refractivity contribution in [1.29, 1.82) is 0 Å². The topological polar surface area (TPSA) is 83.7 Å². The van der Waals surface area contributed by atoms with Crippen LogP contribution in [0.5, 0.6) is 0 Å². The van der Waals surface area contributed by atoms with Gasteiger partial charge >= 0.3 is 0 Å². The minimum atomic E-state index is -3.69. The second-order valence-electron chi connectivity index (χ2n) is 7.30. The summed E-state index contributed by atoms with van der Waals surface area (Å²) in [5.74, 6) is 0.116. The molecule has 8 heteroatoms. The zero-order chi connectivity index (χ0) is 21.0. The molecule has 0 spiro atoms. The summed E-state index contributed by atoms with van der Waals surface area (Å²) in [6.07, 6.45) is 0.967. The fourth-order valence-electron chi connectivity index (χ4n) is 3.62. The second kappa shape index (κ2) is 9.26. The summed E-state index contributed by atoms with van der Waals surface area (Å²) >= 11 is 6.32. The van der Waals surface area contributed by atoms with E-state index < -0.39 is 10.0 Å². The van der Waals surface area contributed by atoms with Crippen LogP contribution in [0.15, 0.2) is 53.4 Å². The van der Waals surface area contributed by atoms with Gasteiger partial charge in [0.1, 0.15) is 0 Å². The molecule has 1 aliphatic heterocycles. The predicted molar refractivity (Wildman–Crippen MR) is 114 cm³/mol. The zero-order valence-corrected chi connectivity index (χ0v) is 18.0. The molecule has 2 aromatic rings. The molecule has 1 saturated heterocycles. The van der Waals surface area contributed by atoms with Crippen LogP contribution < -0.4 is 5.14 Å². The van der Waals surface area contributed by atoms with E-state index in [0.717, 1.165) is 29.2 Å². The van der Waals surface area contributed by atoms with E-state index in [-0.39, 0.29) is 16.8 Å². The Morgan fingerprint density at radius 2 is 1.69 bits per heavy atom. The van der Waals surface area contributed by atoms with Crippen LogP contribution in [0.4, 0.5) is 0 Å². The van der Waals surface area contributed by atoms with Crippen molar-refractivity contribution in [1.82, 2.24) is 9.80 Å². The van der Waals surface area contributed by atoms with Gasteiger partial charge in [0.25, 0.3) is 0 Å². The first-order chi connectivity index (χ1) is 13.8. The molecule has 0 aliphatic carbocycles. The van der Waals surface area contributed by atoms with Crippen LogP contribution >= 0.6 is 11.6 Å². The third-order valence-corrected chi connectivity index (χ3v) is 6.72. The summed E-state index contributed by atoms with van der Waals surface area (Å²) in [4.78, 5) is 16.9. The highest BCUT2D eigenvalue weighted by Crippen LogP contribution is 2.27. The summed E-state index contributed by atoms with van der Waals surface area (Å²) < 4.78 is 22.6. The minimum absolute atomic E-state index is 0.0799. The standard InChI is InChI=1S/C21H26ClN3O3S/c1-16(19-4-2-3-5-20(19)22)24-12-14-25(15-13-24)21(26)11-8-17-6-9-18(10-7-17)29(23,27)28/h2-7,9-10,16H,8,11-15H2,1H3,(H2,23,27,28). The Balaban J connectivity index is 1.49. The Morgan fingerprint density at radius 1 is 1.07 bits per heavy atom. The molecule has 2 N–H and O–H groups in total. The van der Waals surface area contributed by atoms with Crippen LogP contribution in [0.2, 0.25) is 5.02 Å². The van der Waals surface area contributed by atoms with E-state index in [1.807, 2.05) is 29.2 Å². The van der Waals surface area contributed by atoms with E-state index in [0.29, 0.717) is 25.9 Å². The summed E-state index contributed by atoms with van der Waals surface area (Å²) in [5, 5.41) is 5.87. The van der Waals surface area contributed by atoms with Crippen molar-refractivity contribution in [3.8, 4) is 0 Å². The smallest absolute Gasteiger partial charge is 0.238 e. The van der Waals surface area contributed by atoms with E-state index in [1.54, 1.807) is 12.1 Å². The summed E-state index contributed by atoms with van der Waals surface area (Å²) in [6, 6.07) is 14.4. The number of sulfonamides is 1. The van der Waals surface area contributed by atoms with Crippen LogP contribution in [0.25, 0.3) is 0 Å². The van der Waals surface area contributed by atoms with Gasteiger partial charge in [-0.1, -0.05) is 41.9 Å². The molecule has 29 heavy (non-hydrogen) atoms. The summed E-state index contributed by atoms with van der Waals surface area (Å²) in [5.41, 5.74) is 2.02. The molecule has 0 aromatic heterocycles. The minimum Gasteiger partial charge on any atom is -0.340 e. The lowest BCUT2D eigenvalue weighted by molar-refractivity contribution is -0.133. The Hall–Kier alpha value is -1.93. The maximum Gasteiger partial charge on any atom is 0.238 e. The number of aryl methyl sites for hydroxylation is 1. The molecule has 0 saturated carbocycles. The van der Waals surface area contributed by atoms with Crippen molar-refractivity contribution in [2.75, 3.05) is 26.2 Å². The molecule has 1 unspecified atom stereocenters. The molecule has 6 nitrogen and oxygen atoms in total. The number of hydrogen-bond acceptors (Lipinski definition) is 4. The molecule has 2 aromatic carbocycles. The van der Waals surface area contributed by atoms with Gasteiger partial charge in [0.05, 0.1) is 4.90 Å². The third-order valence-electron chi connectivity index (χ3n) is 5.45. The van der Waals surface area contributed by atoms with E-state index in [4.69, 9.17) is 16.7 Å². The highest BCUT2D eigenvalue weighted by atomic mass is 35.5. The summed E-state index contributed by atoms with van der Waals surface area (Å²) in [6.45, 7) is 5.14. The van der Waals surface area contributed by atoms with E-state index in [2.05, 4.69) is 11.8 Å². The van der Waals surface area contributed by atoms with E-state index in [1.165, 1.54) is 12.1 Å². The normalized spacial score (nSPS) is 16.6. The van der Waals surface area contributed by atoms with Crippen molar-refractivity contribution in [3.63, 3.8) is 0 Å². The number of amides is 1. The molecule has 156 valence electrons. The SMILES string of the molecule is CC(c1ccccc1Cl)N1CCN(C(=O)CCc2ccc(S(N)(=O)=O)cc2)CC1. The van der Waals surface area contributed by atoms with Crippen LogP contribution in [0, 0.1) is 0 Å². The molecule has 1 aliphatic rings. The highest BCUT2D eigenvalue weighted by molar-refractivity contribution is 7.89. The monoisotopic (exact) mass is 435 g/mol. The number of carbonyl (C=O) groups is 1. The first-order valence-corrected chi connectivity index (χ1v) is 11.6. The van der Waals surface area contributed by atoms with Gasteiger partial charge in [0, 0.05) is 43.7 Å². The maximum atomic E-state index is 12.6. The first kappa shape index (κ1) is 21.8. The van der Waals surface area contributed by atoms with Crippen molar-refractivity contribution >= 4 is 27.5 Å². The van der Waals surface area contributed by atoms with Gasteiger partial charge in [-0.25, -0.2) is 13.6 Å². The number of nitrogens with zero attached hydrogens (tertiary/aromatic N) is 2. The van der Waals surface area contributed by atoms with Crippen molar-refractivity contribution in [2.45, 2.75) is 30.7 Å². The average molecular weight is 436 g/mol. The van der Waals surface area contributed by atoms with Gasteiger partial charge in [-0.15, -0.1) is 0 Å². The third kappa shape index (κ3) is 5.57. The quantitative estimate of drug-likeness (QED) is 0.756. The fraction of sp³-hybridized carbons (Fsp3) is 0.381. The van der Waals surface area contributed by atoms with Crippen LogP contribution in [-0.2, 0) is 21.2 Å². The highest BCUT2D eigenvalue weighted by Gasteiger charge is 2.25. The number of piperazine rings is 1. The molecule has 3 rings (SSSR count). The number of hydrogen-bond donors (Lipinski definition) is 1. The molecular formula is C21H26ClN3O3S. The number of nitrogens with two attached hydrogens (primary N) is 1. The maximum absolute atomic E-state index is 12.6. The van der Waals surface area contributed by atoms with Crippen molar-refractivity contribution in [3.05, 3.63) is 64.7 Å². The van der Waals surface area contributed by atoms with Crippen LogP contribution in [-0.4, -0.2) is 50.3 Å². The van der Waals surface area contributed by atoms with Crippen LogP contribution in [0.3, 0.4) is 0 Å². The van der Waals surface area contributed by atoms with Gasteiger partial charge in [0.2, 0.25) is 15.9 Å². The van der Waals surface area contributed by atoms with E-state index in [9.17, 15) is 13.2 Å². The zero-order valence-electron chi connectivity index (χ0n) is 16.4. The van der Waals surface area contributed by atoms with Gasteiger partial charge in [-0.3, -0.25) is 9.69 Å². The lowest BCUT2D eigenvalue weighted by atomic mass is 10.1. The van der Waals surface area contributed by atoms with Gasteiger partial charge in [0.15, 0.2) is 0 Å². The van der Waals surface area contributed by atoms with Crippen molar-refractivity contribution in [2.24, 2.45) is 5.14 Å². The largest absolute Gasteiger partial charge is 0.340 e. The first-order valence-electron chi connectivity index (χ1n) is 9.63. The van der Waals surface area contributed by atoms with Crippen LogP contribution in [0.1, 0.15) is 30.5 Å². The van der Waals surface area contributed by atoms with Gasteiger partial charge in [-0.05, 0) is 42.7 Å². The number of halogens is 1. The van der Waals surface area contributed by atoms with Gasteiger partial charge < -0.3 is 4.90 Å². The molecule has 1 amide bonds. The Kier molecular flexibility index (Phi) is 6.95. The molecule has 1 atom stereocenters. The predicted octanol–water partition coefficient (Wildman–Crippen LogP) is 2.83. The number of benzene rings is 2. The van der Waals surface area contributed by atoms with E-state index >= 15 is 0 Å². The average Bonchev–Trinajstić information content (AvgIpc) is 2.71. The molecule has 0 bridgehead atoms. The lowest BCUT2D eigenvalue weighted by Gasteiger charge is -2.38. The number of primary sulfonamides is 1. The lowest BCUT2D eigenvalue weighted by Crippen LogP contribution is -2.49. The number of rotatable bonds is 6. The van der Waals surface area contributed by atoms with Crippen molar-refractivity contribution < 1.29 is 13.2 Å². The fourth-order valence-corrected chi connectivity index (χ4v) is 4.43. The molecular weight excluding hydrogens is 410 g/mol. The molecule has 1 fully saturated rings. The summed E-state index contributed by atoms with van der Waals surface area (Å²) in [7, 11) is -3.69. The Labute approximate surface area is 177 Å². The molecule has 1 heterocycles. The Bertz CT molecular complexity index is 955. The van der Waals surface area contributed by atoms with Gasteiger partial charge in [-0.2, -0.15) is 0 Å².